The first-order valence-corrected chi connectivity index (χ1v) is 9.01. The van der Waals surface area contributed by atoms with Crippen molar-refractivity contribution in [2.24, 2.45) is 5.92 Å². The van der Waals surface area contributed by atoms with E-state index in [-0.39, 0.29) is 23.6 Å². The maximum atomic E-state index is 11.4. The Balaban J connectivity index is 4.10. The Hall–Kier alpha value is -0.690. The third-order valence-corrected chi connectivity index (χ3v) is 5.08. The first-order chi connectivity index (χ1) is 9.23. The number of nitrogens with one attached hydrogen (secondary N) is 2. The second-order valence-corrected chi connectivity index (χ2v) is 7.54. The molecule has 0 aliphatic carbocycles. The Kier molecular flexibility index (Phi) is 9.75. The lowest BCUT2D eigenvalue weighted by Gasteiger charge is -2.21. The molecule has 0 spiro atoms. The Morgan fingerprint density at radius 1 is 0.900 bits per heavy atom. The van der Waals surface area contributed by atoms with Crippen molar-refractivity contribution in [2.75, 3.05) is 11.5 Å². The van der Waals surface area contributed by atoms with E-state index in [4.69, 9.17) is 0 Å². The van der Waals surface area contributed by atoms with Crippen LogP contribution in [0.2, 0.25) is 0 Å². The van der Waals surface area contributed by atoms with Crippen LogP contribution in [-0.2, 0) is 14.4 Å². The normalized spacial score (nSPS) is 13.7. The molecular weight excluding hydrogens is 296 g/mol. The molecule has 0 bridgehead atoms. The third kappa shape index (κ3) is 9.25. The highest BCUT2D eigenvalue weighted by Gasteiger charge is 2.17. The van der Waals surface area contributed by atoms with Gasteiger partial charge in [0.15, 0.2) is 5.78 Å². The van der Waals surface area contributed by atoms with Gasteiger partial charge in [-0.15, -0.1) is 0 Å². The van der Waals surface area contributed by atoms with Crippen LogP contribution in [0.5, 0.6) is 0 Å². The van der Waals surface area contributed by atoms with Gasteiger partial charge < -0.3 is 10.6 Å². The van der Waals surface area contributed by atoms with Crippen molar-refractivity contribution in [1.82, 2.24) is 10.6 Å². The quantitative estimate of drug-likeness (QED) is 0.499. The van der Waals surface area contributed by atoms with Crippen molar-refractivity contribution in [2.45, 2.75) is 46.7 Å². The minimum atomic E-state index is -0.441. The fourth-order valence-corrected chi connectivity index (χ4v) is 4.09. The second kappa shape index (κ2) is 10.1. The lowest BCUT2D eigenvalue weighted by atomic mass is 10.1. The van der Waals surface area contributed by atoms with Gasteiger partial charge >= 0.3 is 0 Å². The van der Waals surface area contributed by atoms with Crippen molar-refractivity contribution in [3.8, 4) is 0 Å². The molecule has 116 valence electrons. The Morgan fingerprint density at radius 3 is 1.80 bits per heavy atom. The summed E-state index contributed by atoms with van der Waals surface area (Å²) in [4.78, 5) is 33.4. The minimum absolute atomic E-state index is 0.0332. The topological polar surface area (TPSA) is 75.3 Å². The summed E-state index contributed by atoms with van der Waals surface area (Å²) in [5.41, 5.74) is 0. The lowest BCUT2D eigenvalue weighted by molar-refractivity contribution is -0.125. The molecule has 0 radical (unpaired) electrons. The van der Waals surface area contributed by atoms with E-state index < -0.39 is 6.04 Å². The highest BCUT2D eigenvalue weighted by atomic mass is 33.1. The van der Waals surface area contributed by atoms with Gasteiger partial charge in [0.25, 0.3) is 0 Å². The smallest absolute Gasteiger partial charge is 0.217 e. The molecule has 5 nitrogen and oxygen atoms in total. The van der Waals surface area contributed by atoms with Crippen LogP contribution in [0.4, 0.5) is 0 Å². The van der Waals surface area contributed by atoms with E-state index in [2.05, 4.69) is 24.5 Å². The summed E-state index contributed by atoms with van der Waals surface area (Å²) in [6, 6.07) is -0.329. The fourth-order valence-electron chi connectivity index (χ4n) is 1.41. The molecule has 0 heterocycles. The lowest BCUT2D eigenvalue weighted by Crippen LogP contribution is -2.40. The van der Waals surface area contributed by atoms with E-state index >= 15 is 0 Å². The molecule has 0 aromatic rings. The number of Topliss-reactive ketones (excluding diaryl/α,β-unsaturated/α-hetero) is 1. The monoisotopic (exact) mass is 320 g/mol. The Morgan fingerprint density at radius 2 is 1.40 bits per heavy atom. The van der Waals surface area contributed by atoms with Gasteiger partial charge in [-0.2, -0.15) is 0 Å². The summed E-state index contributed by atoms with van der Waals surface area (Å²) in [7, 11) is 3.14. The van der Waals surface area contributed by atoms with Crippen LogP contribution in [-0.4, -0.2) is 41.2 Å². The molecular formula is C13H24N2O3S2. The zero-order chi connectivity index (χ0) is 15.7. The van der Waals surface area contributed by atoms with Crippen molar-refractivity contribution < 1.29 is 14.4 Å². The SMILES string of the molecule is CC(=O)N[C@@H](CSSC[C@H](NC(C)=O)C(C)C)C(C)=O. The van der Waals surface area contributed by atoms with Gasteiger partial charge in [0, 0.05) is 31.4 Å². The Labute approximate surface area is 128 Å². The maximum Gasteiger partial charge on any atom is 0.217 e. The van der Waals surface area contributed by atoms with E-state index in [9.17, 15) is 14.4 Å². The predicted molar refractivity (Wildman–Crippen MR) is 85.6 cm³/mol. The first kappa shape index (κ1) is 19.3. The van der Waals surface area contributed by atoms with E-state index in [1.54, 1.807) is 10.8 Å². The zero-order valence-electron chi connectivity index (χ0n) is 12.7. The standard InChI is InChI=1S/C13H24N2O3S2/c1-8(2)12(14-10(4)17)6-19-20-7-13(9(3)16)15-11(5)18/h8,12-13H,6-7H2,1-5H3,(H,14,17)(H,15,18)/t12-,13-/m0/s1. The second-order valence-electron chi connectivity index (χ2n) is 4.98. The molecule has 2 atom stereocenters. The predicted octanol–water partition coefficient (Wildman–Crippen LogP) is 1.62. The molecule has 7 heteroatoms. The van der Waals surface area contributed by atoms with Gasteiger partial charge in [-0.25, -0.2) is 0 Å². The van der Waals surface area contributed by atoms with E-state index in [0.29, 0.717) is 11.7 Å². The largest absolute Gasteiger partial charge is 0.352 e. The molecule has 0 aliphatic rings. The van der Waals surface area contributed by atoms with Gasteiger partial charge in [-0.1, -0.05) is 35.4 Å². The number of carbonyl (C=O) groups excluding carboxylic acids is 3. The first-order valence-electron chi connectivity index (χ1n) is 6.53. The summed E-state index contributed by atoms with van der Waals surface area (Å²) in [5.74, 6) is 1.38. The number of hydrogen-bond donors (Lipinski definition) is 2. The summed E-state index contributed by atoms with van der Waals surface area (Å²) in [6.07, 6.45) is 0. The summed E-state index contributed by atoms with van der Waals surface area (Å²) >= 11 is 0. The molecule has 0 rings (SSSR count). The van der Waals surface area contributed by atoms with Crippen LogP contribution >= 0.6 is 21.6 Å². The van der Waals surface area contributed by atoms with Crippen molar-refractivity contribution in [3.05, 3.63) is 0 Å². The average molecular weight is 320 g/mol. The molecule has 0 aromatic carbocycles. The van der Waals surface area contributed by atoms with E-state index in [1.807, 2.05) is 0 Å². The molecule has 0 unspecified atom stereocenters. The van der Waals surface area contributed by atoms with Gasteiger partial charge in [-0.3, -0.25) is 14.4 Å². The van der Waals surface area contributed by atoms with Crippen LogP contribution < -0.4 is 10.6 Å². The van der Waals surface area contributed by atoms with Crippen LogP contribution in [0.15, 0.2) is 0 Å². The highest BCUT2D eigenvalue weighted by molar-refractivity contribution is 8.76. The molecule has 0 saturated carbocycles. The molecule has 0 saturated heterocycles. The highest BCUT2D eigenvalue weighted by Crippen LogP contribution is 2.24. The van der Waals surface area contributed by atoms with Gasteiger partial charge in [0.05, 0.1) is 6.04 Å². The van der Waals surface area contributed by atoms with Crippen LogP contribution in [0, 0.1) is 5.92 Å². The summed E-state index contributed by atoms with van der Waals surface area (Å²) in [6.45, 7) is 8.50. The van der Waals surface area contributed by atoms with Crippen LogP contribution in [0.1, 0.15) is 34.6 Å². The van der Waals surface area contributed by atoms with Gasteiger partial charge in [0.2, 0.25) is 11.8 Å². The molecule has 2 N–H and O–H groups in total. The number of amides is 2. The van der Waals surface area contributed by atoms with Gasteiger partial charge in [-0.05, 0) is 12.8 Å². The summed E-state index contributed by atoms with van der Waals surface area (Å²) in [5, 5.41) is 5.54. The minimum Gasteiger partial charge on any atom is -0.352 e. The van der Waals surface area contributed by atoms with Gasteiger partial charge in [0.1, 0.15) is 0 Å². The van der Waals surface area contributed by atoms with Crippen LogP contribution in [0.3, 0.4) is 0 Å². The number of rotatable bonds is 9. The molecule has 0 aliphatic heterocycles. The maximum absolute atomic E-state index is 11.4. The number of ketones is 1. The molecule has 20 heavy (non-hydrogen) atoms. The van der Waals surface area contributed by atoms with E-state index in [1.165, 1.54) is 31.6 Å². The average Bonchev–Trinajstić information content (AvgIpc) is 2.29. The Bertz CT molecular complexity index is 349. The van der Waals surface area contributed by atoms with Crippen LogP contribution in [0.25, 0.3) is 0 Å². The molecule has 0 fully saturated rings. The molecule has 0 aromatic heterocycles. The number of hydrogen-bond acceptors (Lipinski definition) is 5. The van der Waals surface area contributed by atoms with Crippen molar-refractivity contribution >= 4 is 39.2 Å². The zero-order valence-corrected chi connectivity index (χ0v) is 14.3. The fraction of sp³-hybridized carbons (Fsp3) is 0.769. The number of carbonyl (C=O) groups is 3. The van der Waals surface area contributed by atoms with Crippen molar-refractivity contribution in [3.63, 3.8) is 0 Å². The summed E-state index contributed by atoms with van der Waals surface area (Å²) < 4.78 is 0. The van der Waals surface area contributed by atoms with E-state index in [0.717, 1.165) is 5.75 Å². The van der Waals surface area contributed by atoms with Crippen molar-refractivity contribution in [1.29, 1.82) is 0 Å². The third-order valence-electron chi connectivity index (χ3n) is 2.63. The molecule has 2 amide bonds.